The standard InChI is InChI=1S/C13H17N3O3/c1-3-19-12(17)11-7-16-6-10(9-4-5-18-8-9)14-13(16)15(11)2/h6-7,9H,3-5,8H2,1-2H3. The molecule has 1 unspecified atom stereocenters. The summed E-state index contributed by atoms with van der Waals surface area (Å²) in [6, 6.07) is 0. The molecule has 0 bridgehead atoms. The van der Waals surface area contributed by atoms with Gasteiger partial charge < -0.3 is 14.0 Å². The molecule has 1 atom stereocenters. The highest BCUT2D eigenvalue weighted by molar-refractivity contribution is 5.88. The van der Waals surface area contributed by atoms with Gasteiger partial charge in [0.2, 0.25) is 5.78 Å². The number of imidazole rings is 2. The van der Waals surface area contributed by atoms with Gasteiger partial charge in [-0.3, -0.25) is 4.40 Å². The summed E-state index contributed by atoms with van der Waals surface area (Å²) in [7, 11) is 1.82. The van der Waals surface area contributed by atoms with Gasteiger partial charge in [-0.25, -0.2) is 9.78 Å². The van der Waals surface area contributed by atoms with E-state index in [0.717, 1.165) is 31.1 Å². The van der Waals surface area contributed by atoms with E-state index in [2.05, 4.69) is 4.98 Å². The smallest absolute Gasteiger partial charge is 0.356 e. The molecule has 0 spiro atoms. The molecule has 102 valence electrons. The largest absolute Gasteiger partial charge is 0.461 e. The minimum atomic E-state index is -0.318. The second-order valence-electron chi connectivity index (χ2n) is 4.73. The van der Waals surface area contributed by atoms with Crippen LogP contribution in [-0.4, -0.2) is 39.7 Å². The second-order valence-corrected chi connectivity index (χ2v) is 4.73. The zero-order valence-electron chi connectivity index (χ0n) is 11.1. The van der Waals surface area contributed by atoms with E-state index in [4.69, 9.17) is 9.47 Å². The fraction of sp³-hybridized carbons (Fsp3) is 0.538. The van der Waals surface area contributed by atoms with Crippen molar-refractivity contribution in [3.05, 3.63) is 23.8 Å². The minimum absolute atomic E-state index is 0.318. The van der Waals surface area contributed by atoms with Crippen molar-refractivity contribution in [3.8, 4) is 0 Å². The van der Waals surface area contributed by atoms with Crippen LogP contribution in [0.5, 0.6) is 0 Å². The highest BCUT2D eigenvalue weighted by Crippen LogP contribution is 2.25. The SMILES string of the molecule is CCOC(=O)c1cn2cc(C3CCOC3)nc2n1C. The molecule has 1 fully saturated rings. The maximum Gasteiger partial charge on any atom is 0.356 e. The average molecular weight is 263 g/mol. The van der Waals surface area contributed by atoms with Crippen LogP contribution in [0.25, 0.3) is 5.78 Å². The van der Waals surface area contributed by atoms with Crippen LogP contribution in [0.4, 0.5) is 0 Å². The summed E-state index contributed by atoms with van der Waals surface area (Å²) < 4.78 is 14.0. The first-order valence-electron chi connectivity index (χ1n) is 6.50. The predicted octanol–water partition coefficient (Wildman–Crippen LogP) is 1.35. The molecule has 6 heteroatoms. The maximum atomic E-state index is 11.8. The third kappa shape index (κ3) is 2.02. The van der Waals surface area contributed by atoms with Crippen LogP contribution in [0.15, 0.2) is 12.4 Å². The van der Waals surface area contributed by atoms with Gasteiger partial charge in [0.25, 0.3) is 0 Å². The number of carbonyl (C=O) groups excluding carboxylic acids is 1. The molecular formula is C13H17N3O3. The lowest BCUT2D eigenvalue weighted by Gasteiger charge is -2.03. The summed E-state index contributed by atoms with van der Waals surface area (Å²) in [5.41, 5.74) is 1.54. The Labute approximate surface area is 110 Å². The number of esters is 1. The lowest BCUT2D eigenvalue weighted by Crippen LogP contribution is -2.10. The van der Waals surface area contributed by atoms with Gasteiger partial charge in [-0.05, 0) is 13.3 Å². The monoisotopic (exact) mass is 263 g/mol. The van der Waals surface area contributed by atoms with Gasteiger partial charge in [0.15, 0.2) is 0 Å². The molecule has 0 saturated carbocycles. The molecule has 19 heavy (non-hydrogen) atoms. The van der Waals surface area contributed by atoms with Crippen LogP contribution in [0.2, 0.25) is 0 Å². The summed E-state index contributed by atoms with van der Waals surface area (Å²) in [5.74, 6) is 0.803. The van der Waals surface area contributed by atoms with Gasteiger partial charge in [-0.1, -0.05) is 0 Å². The minimum Gasteiger partial charge on any atom is -0.461 e. The number of hydrogen-bond donors (Lipinski definition) is 0. The fourth-order valence-electron chi connectivity index (χ4n) is 2.43. The van der Waals surface area contributed by atoms with Crippen molar-refractivity contribution in [3.63, 3.8) is 0 Å². The number of aryl methyl sites for hydroxylation is 1. The zero-order valence-corrected chi connectivity index (χ0v) is 11.1. The van der Waals surface area contributed by atoms with Gasteiger partial charge >= 0.3 is 5.97 Å². The molecule has 2 aromatic rings. The Bertz CT molecular complexity index is 608. The Morgan fingerprint density at radius 2 is 2.42 bits per heavy atom. The molecule has 1 aliphatic heterocycles. The highest BCUT2D eigenvalue weighted by atomic mass is 16.5. The molecule has 3 heterocycles. The van der Waals surface area contributed by atoms with Crippen LogP contribution in [0.1, 0.15) is 35.4 Å². The lowest BCUT2D eigenvalue weighted by atomic mass is 10.1. The summed E-state index contributed by atoms with van der Waals surface area (Å²) in [6.07, 6.45) is 4.74. The summed E-state index contributed by atoms with van der Waals surface area (Å²) in [6.45, 7) is 3.70. The normalized spacial score (nSPS) is 19.2. The van der Waals surface area contributed by atoms with Crippen LogP contribution in [0, 0.1) is 0 Å². The molecule has 0 N–H and O–H groups in total. The molecule has 0 aliphatic carbocycles. The van der Waals surface area contributed by atoms with Crippen LogP contribution < -0.4 is 0 Å². The first kappa shape index (κ1) is 12.2. The first-order chi connectivity index (χ1) is 9.20. The van der Waals surface area contributed by atoms with Gasteiger partial charge in [-0.2, -0.15) is 0 Å². The van der Waals surface area contributed by atoms with Crippen molar-refractivity contribution < 1.29 is 14.3 Å². The quantitative estimate of drug-likeness (QED) is 0.784. The highest BCUT2D eigenvalue weighted by Gasteiger charge is 2.23. The summed E-state index contributed by atoms with van der Waals surface area (Å²) >= 11 is 0. The molecule has 3 rings (SSSR count). The Hall–Kier alpha value is -1.82. The van der Waals surface area contributed by atoms with Crippen molar-refractivity contribution in [2.45, 2.75) is 19.3 Å². The number of fused-ring (bicyclic) bond motifs is 1. The van der Waals surface area contributed by atoms with E-state index >= 15 is 0 Å². The number of hydrogen-bond acceptors (Lipinski definition) is 4. The number of ether oxygens (including phenoxy) is 2. The fourth-order valence-corrected chi connectivity index (χ4v) is 2.43. The molecule has 0 amide bonds. The van der Waals surface area contributed by atoms with E-state index in [0.29, 0.717) is 18.2 Å². The van der Waals surface area contributed by atoms with E-state index in [1.165, 1.54) is 0 Å². The zero-order chi connectivity index (χ0) is 13.4. The van der Waals surface area contributed by atoms with Crippen molar-refractivity contribution in [1.29, 1.82) is 0 Å². The summed E-state index contributed by atoms with van der Waals surface area (Å²) in [5, 5.41) is 0. The van der Waals surface area contributed by atoms with Gasteiger partial charge in [0, 0.05) is 32.0 Å². The van der Waals surface area contributed by atoms with Gasteiger partial charge in [0.05, 0.1) is 18.9 Å². The van der Waals surface area contributed by atoms with Gasteiger partial charge in [-0.15, -0.1) is 0 Å². The van der Waals surface area contributed by atoms with Crippen LogP contribution in [0.3, 0.4) is 0 Å². The van der Waals surface area contributed by atoms with E-state index in [-0.39, 0.29) is 5.97 Å². The molecule has 6 nitrogen and oxygen atoms in total. The topological polar surface area (TPSA) is 57.8 Å². The Kier molecular flexibility index (Phi) is 3.02. The van der Waals surface area contributed by atoms with E-state index < -0.39 is 0 Å². The molecular weight excluding hydrogens is 246 g/mol. The van der Waals surface area contributed by atoms with Crippen molar-refractivity contribution in [1.82, 2.24) is 14.0 Å². The molecule has 0 radical (unpaired) electrons. The van der Waals surface area contributed by atoms with E-state index in [9.17, 15) is 4.79 Å². The lowest BCUT2D eigenvalue weighted by molar-refractivity contribution is 0.0515. The van der Waals surface area contributed by atoms with E-state index in [1.807, 2.05) is 17.6 Å². The Morgan fingerprint density at radius 3 is 3.05 bits per heavy atom. The molecule has 2 aromatic heterocycles. The maximum absolute atomic E-state index is 11.8. The Morgan fingerprint density at radius 1 is 1.58 bits per heavy atom. The van der Waals surface area contributed by atoms with Crippen molar-refractivity contribution in [2.24, 2.45) is 7.05 Å². The van der Waals surface area contributed by atoms with Crippen LogP contribution >= 0.6 is 0 Å². The molecule has 1 saturated heterocycles. The van der Waals surface area contributed by atoms with Crippen LogP contribution in [-0.2, 0) is 16.5 Å². The first-order valence-corrected chi connectivity index (χ1v) is 6.50. The Balaban J connectivity index is 1.95. The number of aromatic nitrogens is 3. The van der Waals surface area contributed by atoms with Gasteiger partial charge in [0.1, 0.15) is 5.69 Å². The third-order valence-corrected chi connectivity index (χ3v) is 3.49. The van der Waals surface area contributed by atoms with Crippen molar-refractivity contribution in [2.75, 3.05) is 19.8 Å². The number of carbonyl (C=O) groups is 1. The predicted molar refractivity (Wildman–Crippen MR) is 68.3 cm³/mol. The van der Waals surface area contributed by atoms with Crippen molar-refractivity contribution >= 4 is 11.7 Å². The van der Waals surface area contributed by atoms with E-state index in [1.54, 1.807) is 17.7 Å². The second kappa shape index (κ2) is 4.70. The molecule has 1 aliphatic rings. The third-order valence-electron chi connectivity index (χ3n) is 3.49. The number of rotatable bonds is 3. The summed E-state index contributed by atoms with van der Waals surface area (Å²) in [4.78, 5) is 16.4. The number of nitrogens with zero attached hydrogens (tertiary/aromatic N) is 3. The average Bonchev–Trinajstić information content (AvgIpc) is 3.06. The molecule has 0 aromatic carbocycles.